The fourth-order valence-corrected chi connectivity index (χ4v) is 2.28. The van der Waals surface area contributed by atoms with Gasteiger partial charge in [-0.15, -0.1) is 0 Å². The monoisotopic (exact) mass is 339 g/mol. The van der Waals surface area contributed by atoms with Crippen LogP contribution < -0.4 is 5.73 Å². The molecule has 22 heavy (non-hydrogen) atoms. The Morgan fingerprint density at radius 1 is 1.14 bits per heavy atom. The van der Waals surface area contributed by atoms with Crippen LogP contribution in [0, 0.1) is 0 Å². The first-order chi connectivity index (χ1) is 10.3. The molecule has 0 heterocycles. The van der Waals surface area contributed by atoms with Crippen LogP contribution in [0.25, 0.3) is 0 Å². The second-order valence-corrected chi connectivity index (χ2v) is 6.67. The van der Waals surface area contributed by atoms with Crippen molar-refractivity contribution in [2.45, 2.75) is 70.8 Å². The van der Waals surface area contributed by atoms with Crippen LogP contribution in [0.1, 0.15) is 64.7 Å². The van der Waals surface area contributed by atoms with Crippen molar-refractivity contribution in [3.8, 4) is 0 Å². The number of hydrogen-bond acceptors (Lipinski definition) is 5. The highest BCUT2D eigenvalue weighted by molar-refractivity contribution is 7.46. The molecule has 0 aliphatic carbocycles. The summed E-state index contributed by atoms with van der Waals surface area (Å²) in [6.45, 7) is 2.06. The number of phosphoric acid groups is 1. The molecule has 0 aromatic carbocycles. The summed E-state index contributed by atoms with van der Waals surface area (Å²) in [7, 11) is -4.49. The second kappa shape index (κ2) is 13.0. The molecule has 1 atom stereocenters. The molecule has 0 bridgehead atoms. The number of esters is 1. The standard InChI is InChI=1S/C14H30NO6P/c1-2-3-4-5-6-7-8-9-14(16)20-11-10-13(15)12-21-22(17,18)19/h13H,2-12,15H2,1H3,(H2,17,18,19). The maximum absolute atomic E-state index is 11.5. The van der Waals surface area contributed by atoms with E-state index in [4.69, 9.17) is 20.3 Å². The van der Waals surface area contributed by atoms with Gasteiger partial charge in [0.1, 0.15) is 0 Å². The molecule has 0 amide bonds. The number of hydrogen-bond donors (Lipinski definition) is 3. The average molecular weight is 339 g/mol. The minimum atomic E-state index is -4.49. The Morgan fingerprint density at radius 3 is 2.32 bits per heavy atom. The Kier molecular flexibility index (Phi) is 12.8. The Bertz CT molecular complexity index is 333. The summed E-state index contributed by atoms with van der Waals surface area (Å²) < 4.78 is 19.8. The van der Waals surface area contributed by atoms with Crippen molar-refractivity contribution in [3.63, 3.8) is 0 Å². The lowest BCUT2D eigenvalue weighted by Gasteiger charge is -2.12. The molecule has 8 heteroatoms. The van der Waals surface area contributed by atoms with Gasteiger partial charge in [0.15, 0.2) is 0 Å². The molecule has 0 saturated heterocycles. The van der Waals surface area contributed by atoms with E-state index in [0.717, 1.165) is 19.3 Å². The first-order valence-corrected chi connectivity index (χ1v) is 9.49. The van der Waals surface area contributed by atoms with Crippen LogP contribution in [0.2, 0.25) is 0 Å². The van der Waals surface area contributed by atoms with Crippen LogP contribution in [-0.2, 0) is 18.6 Å². The summed E-state index contributed by atoms with van der Waals surface area (Å²) in [6, 6.07) is -0.570. The molecule has 4 N–H and O–H groups in total. The van der Waals surface area contributed by atoms with Crippen molar-refractivity contribution < 1.29 is 28.4 Å². The fraction of sp³-hybridized carbons (Fsp3) is 0.929. The van der Waals surface area contributed by atoms with Crippen LogP contribution in [0.4, 0.5) is 0 Å². The van der Waals surface area contributed by atoms with Crippen molar-refractivity contribution in [3.05, 3.63) is 0 Å². The van der Waals surface area contributed by atoms with Crippen LogP contribution in [0.5, 0.6) is 0 Å². The average Bonchev–Trinajstić information content (AvgIpc) is 2.43. The number of carbonyl (C=O) groups excluding carboxylic acids is 1. The highest BCUT2D eigenvalue weighted by Crippen LogP contribution is 2.35. The Balaban J connectivity index is 3.44. The van der Waals surface area contributed by atoms with E-state index in [0.29, 0.717) is 12.8 Å². The number of ether oxygens (including phenoxy) is 1. The lowest BCUT2D eigenvalue weighted by Crippen LogP contribution is -2.27. The number of nitrogens with two attached hydrogens (primary N) is 1. The summed E-state index contributed by atoms with van der Waals surface area (Å²) in [5.74, 6) is -0.253. The summed E-state index contributed by atoms with van der Waals surface area (Å²) in [5.41, 5.74) is 5.59. The van der Waals surface area contributed by atoms with Gasteiger partial charge in [-0.05, 0) is 12.8 Å². The molecule has 0 spiro atoms. The Hall–Kier alpha value is -0.460. The second-order valence-electron chi connectivity index (χ2n) is 5.43. The zero-order chi connectivity index (χ0) is 16.8. The van der Waals surface area contributed by atoms with Gasteiger partial charge in [0.2, 0.25) is 0 Å². The molecule has 1 unspecified atom stereocenters. The van der Waals surface area contributed by atoms with Crippen molar-refractivity contribution >= 4 is 13.8 Å². The SMILES string of the molecule is CCCCCCCCCC(=O)OCCC(N)COP(=O)(O)O. The quantitative estimate of drug-likeness (QED) is 0.253. The van der Waals surface area contributed by atoms with Gasteiger partial charge in [-0.3, -0.25) is 9.32 Å². The van der Waals surface area contributed by atoms with Gasteiger partial charge in [-0.1, -0.05) is 45.4 Å². The minimum absolute atomic E-state index is 0.140. The topological polar surface area (TPSA) is 119 Å². The lowest BCUT2D eigenvalue weighted by atomic mass is 10.1. The molecule has 0 radical (unpaired) electrons. The van der Waals surface area contributed by atoms with E-state index >= 15 is 0 Å². The van der Waals surface area contributed by atoms with Crippen molar-refractivity contribution in [2.24, 2.45) is 5.73 Å². The van der Waals surface area contributed by atoms with E-state index < -0.39 is 13.9 Å². The zero-order valence-electron chi connectivity index (χ0n) is 13.4. The molecule has 7 nitrogen and oxygen atoms in total. The van der Waals surface area contributed by atoms with Gasteiger partial charge in [-0.2, -0.15) is 0 Å². The smallest absolute Gasteiger partial charge is 0.466 e. The van der Waals surface area contributed by atoms with Gasteiger partial charge in [0, 0.05) is 12.5 Å². The fourth-order valence-electron chi connectivity index (χ4n) is 1.90. The number of rotatable bonds is 14. The van der Waals surface area contributed by atoms with Crippen molar-refractivity contribution in [1.82, 2.24) is 0 Å². The maximum atomic E-state index is 11.5. The highest BCUT2D eigenvalue weighted by Gasteiger charge is 2.16. The summed E-state index contributed by atoms with van der Waals surface area (Å²) >= 11 is 0. The predicted molar refractivity (Wildman–Crippen MR) is 84.2 cm³/mol. The first-order valence-electron chi connectivity index (χ1n) is 7.96. The summed E-state index contributed by atoms with van der Waals surface area (Å²) in [5, 5.41) is 0. The van der Waals surface area contributed by atoms with Gasteiger partial charge in [-0.25, -0.2) is 4.57 Å². The third kappa shape index (κ3) is 15.9. The molecule has 0 aliphatic heterocycles. The Labute approximate surface area is 132 Å². The molecule has 0 fully saturated rings. The number of phosphoric ester groups is 1. The molecule has 0 aromatic heterocycles. The Morgan fingerprint density at radius 2 is 1.73 bits per heavy atom. The van der Waals surface area contributed by atoms with E-state index in [2.05, 4.69) is 11.4 Å². The van der Waals surface area contributed by atoms with E-state index in [-0.39, 0.29) is 19.2 Å². The van der Waals surface area contributed by atoms with Crippen LogP contribution in [-0.4, -0.2) is 35.0 Å². The zero-order valence-corrected chi connectivity index (χ0v) is 14.3. The molecule has 0 aliphatic rings. The first kappa shape index (κ1) is 21.5. The minimum Gasteiger partial charge on any atom is -0.466 e. The molecular formula is C14H30NO6P. The molecule has 0 saturated carbocycles. The third-order valence-electron chi connectivity index (χ3n) is 3.19. The largest absolute Gasteiger partial charge is 0.469 e. The van der Waals surface area contributed by atoms with Crippen LogP contribution in [0.15, 0.2) is 0 Å². The molecule has 0 aromatic rings. The van der Waals surface area contributed by atoms with E-state index in [1.165, 1.54) is 25.7 Å². The van der Waals surface area contributed by atoms with Crippen molar-refractivity contribution in [1.29, 1.82) is 0 Å². The number of unbranched alkanes of at least 4 members (excludes halogenated alkanes) is 6. The van der Waals surface area contributed by atoms with Crippen molar-refractivity contribution in [2.75, 3.05) is 13.2 Å². The van der Waals surface area contributed by atoms with Crippen LogP contribution >= 0.6 is 7.82 Å². The van der Waals surface area contributed by atoms with E-state index in [9.17, 15) is 9.36 Å². The maximum Gasteiger partial charge on any atom is 0.469 e. The van der Waals surface area contributed by atoms with E-state index in [1.54, 1.807) is 0 Å². The highest BCUT2D eigenvalue weighted by atomic mass is 31.2. The van der Waals surface area contributed by atoms with Crippen LogP contribution in [0.3, 0.4) is 0 Å². The van der Waals surface area contributed by atoms with Gasteiger partial charge in [0.25, 0.3) is 0 Å². The number of carbonyl (C=O) groups is 1. The predicted octanol–water partition coefficient (Wildman–Crippen LogP) is 2.50. The molecule has 132 valence electrons. The lowest BCUT2D eigenvalue weighted by molar-refractivity contribution is -0.144. The third-order valence-corrected chi connectivity index (χ3v) is 3.68. The normalized spacial score (nSPS) is 13.1. The van der Waals surface area contributed by atoms with Gasteiger partial charge in [0.05, 0.1) is 13.2 Å². The molecule has 0 rings (SSSR count). The molecular weight excluding hydrogens is 309 g/mol. The van der Waals surface area contributed by atoms with E-state index in [1.807, 2.05) is 0 Å². The van der Waals surface area contributed by atoms with Gasteiger partial charge >= 0.3 is 13.8 Å². The summed E-state index contributed by atoms with van der Waals surface area (Å²) in [4.78, 5) is 28.5. The summed E-state index contributed by atoms with van der Waals surface area (Å²) in [6.07, 6.45) is 8.71. The van der Waals surface area contributed by atoms with Gasteiger partial charge < -0.3 is 20.3 Å².